The van der Waals surface area contributed by atoms with Crippen molar-refractivity contribution >= 4 is 0 Å². The van der Waals surface area contributed by atoms with Crippen molar-refractivity contribution in [1.82, 2.24) is 0 Å². The monoisotopic (exact) mass is 172 g/mol. The van der Waals surface area contributed by atoms with Crippen molar-refractivity contribution in [3.8, 4) is 0 Å². The van der Waals surface area contributed by atoms with Gasteiger partial charge >= 0.3 is 0 Å². The minimum absolute atomic E-state index is 0.967. The van der Waals surface area contributed by atoms with E-state index >= 15 is 0 Å². The minimum atomic E-state index is 0.967. The van der Waals surface area contributed by atoms with E-state index in [1.54, 1.807) is 0 Å². The van der Waals surface area contributed by atoms with Crippen LogP contribution < -0.4 is 0 Å². The molecule has 0 spiro atoms. The molecule has 0 unspecified atom stereocenters. The maximum atomic E-state index is 3.11. The normalized spacial score (nSPS) is 25.2. The largest absolute Gasteiger partial charge is 0.125 e. The lowest BCUT2D eigenvalue weighted by Gasteiger charge is -1.87. The van der Waals surface area contributed by atoms with Crippen LogP contribution in [0.25, 0.3) is 0 Å². The van der Waals surface area contributed by atoms with Crippen molar-refractivity contribution in [2.75, 3.05) is 0 Å². The van der Waals surface area contributed by atoms with Crippen LogP contribution in [-0.4, -0.2) is 0 Å². The lowest BCUT2D eigenvalue weighted by Crippen LogP contribution is -1.67. The molecule has 0 saturated heterocycles. The maximum Gasteiger partial charge on any atom is -0.00898 e. The second kappa shape index (κ2) is 7.39. The Morgan fingerprint density at radius 1 is 0.846 bits per heavy atom. The Labute approximate surface area is 80.7 Å². The third kappa shape index (κ3) is 5.95. The van der Waals surface area contributed by atoms with Gasteiger partial charge in [-0.25, -0.2) is 0 Å². The van der Waals surface area contributed by atoms with Gasteiger partial charge in [-0.2, -0.15) is 0 Å². The lowest BCUT2D eigenvalue weighted by atomic mass is 10.2. The molecule has 0 saturated carbocycles. The summed E-state index contributed by atoms with van der Waals surface area (Å²) < 4.78 is 0. The molecule has 0 radical (unpaired) electrons. The molecule has 0 atom stereocenters. The van der Waals surface area contributed by atoms with Crippen LogP contribution in [-0.2, 0) is 0 Å². The van der Waals surface area contributed by atoms with Crippen LogP contribution in [0.5, 0.6) is 0 Å². The van der Waals surface area contributed by atoms with Crippen LogP contribution in [0.2, 0.25) is 0 Å². The van der Waals surface area contributed by atoms with E-state index in [1.165, 1.54) is 12.8 Å². The molecule has 0 aromatic rings. The lowest BCUT2D eigenvalue weighted by molar-refractivity contribution is 0.868. The Morgan fingerprint density at radius 3 is 2.54 bits per heavy atom. The van der Waals surface area contributed by atoms with E-state index in [4.69, 9.17) is 0 Å². The van der Waals surface area contributed by atoms with E-state index in [1.807, 2.05) is 12.2 Å². The van der Waals surface area contributed by atoms with Gasteiger partial charge in [-0.05, 0) is 37.8 Å². The maximum absolute atomic E-state index is 3.11. The van der Waals surface area contributed by atoms with Crippen LogP contribution in [0.15, 0.2) is 54.3 Å². The molecule has 0 nitrogen and oxygen atoms in total. The molecule has 13 heavy (non-hydrogen) atoms. The Balaban J connectivity index is 2.51. The summed E-state index contributed by atoms with van der Waals surface area (Å²) in [6.07, 6.45) is 21.4. The predicted molar refractivity (Wildman–Crippen MR) is 58.5 cm³/mol. The van der Waals surface area contributed by atoms with Gasteiger partial charge in [-0.15, -0.1) is 5.73 Å². The molecule has 0 heteroatoms. The van der Waals surface area contributed by atoms with Crippen molar-refractivity contribution in [1.29, 1.82) is 0 Å². The van der Waals surface area contributed by atoms with Gasteiger partial charge in [0.15, 0.2) is 0 Å². The molecule has 0 heterocycles. The molecule has 0 fully saturated rings. The first-order chi connectivity index (χ1) is 6.50. The summed E-state index contributed by atoms with van der Waals surface area (Å²) in [4.78, 5) is 0. The first-order valence-corrected chi connectivity index (χ1v) is 4.88. The highest BCUT2D eigenvalue weighted by atomic mass is 13.8. The molecular formula is C13H16. The molecule has 0 N–H and O–H groups in total. The van der Waals surface area contributed by atoms with Crippen LogP contribution in [0.3, 0.4) is 0 Å². The molecule has 0 aromatic heterocycles. The Morgan fingerprint density at radius 2 is 1.62 bits per heavy atom. The minimum Gasteiger partial charge on any atom is -0.125 e. The van der Waals surface area contributed by atoms with Gasteiger partial charge in [0.25, 0.3) is 0 Å². The van der Waals surface area contributed by atoms with Gasteiger partial charge in [0.05, 0.1) is 0 Å². The number of allylic oxidation sites excluding steroid dienone is 7. The van der Waals surface area contributed by atoms with Crippen LogP contribution in [0.4, 0.5) is 0 Å². The van der Waals surface area contributed by atoms with Gasteiger partial charge < -0.3 is 0 Å². The number of hydrogen-bond donors (Lipinski definition) is 0. The van der Waals surface area contributed by atoms with E-state index in [9.17, 15) is 0 Å². The summed E-state index contributed by atoms with van der Waals surface area (Å²) in [6.45, 7) is 0. The van der Waals surface area contributed by atoms with Crippen LogP contribution in [0, 0.1) is 0 Å². The zero-order valence-corrected chi connectivity index (χ0v) is 7.95. The van der Waals surface area contributed by atoms with Gasteiger partial charge in [-0.3, -0.25) is 0 Å². The first-order valence-electron chi connectivity index (χ1n) is 4.88. The zero-order valence-electron chi connectivity index (χ0n) is 7.95. The Hall–Kier alpha value is -1.26. The molecule has 1 rings (SSSR count). The highest BCUT2D eigenvalue weighted by molar-refractivity contribution is 5.07. The fourth-order valence-corrected chi connectivity index (χ4v) is 1.11. The molecule has 0 bridgehead atoms. The summed E-state index contributed by atoms with van der Waals surface area (Å²) in [6, 6.07) is 0. The highest BCUT2D eigenvalue weighted by Crippen LogP contribution is 1.99. The zero-order chi connectivity index (χ0) is 9.19. The van der Waals surface area contributed by atoms with E-state index in [2.05, 4.69) is 42.2 Å². The standard InChI is InChI=1S/C13H16/c1-2-4-6-8-10-12-13-11-9-7-5-3-1/h1-4,7,11-13H,5-6,8,10H2/b3-1+,4-2-,13-12+. The molecule has 0 aromatic carbocycles. The summed E-state index contributed by atoms with van der Waals surface area (Å²) in [5, 5.41) is 0. The Bertz CT molecular complexity index is 258. The average molecular weight is 172 g/mol. The average Bonchev–Trinajstić information content (AvgIpc) is 2.18. The van der Waals surface area contributed by atoms with Crippen molar-refractivity contribution in [3.63, 3.8) is 0 Å². The van der Waals surface area contributed by atoms with Gasteiger partial charge in [0, 0.05) is 0 Å². The second-order valence-corrected chi connectivity index (χ2v) is 2.99. The third-order valence-corrected chi connectivity index (χ3v) is 1.83. The van der Waals surface area contributed by atoms with Gasteiger partial charge in [-0.1, -0.05) is 36.5 Å². The van der Waals surface area contributed by atoms with E-state index < -0.39 is 0 Å². The van der Waals surface area contributed by atoms with Crippen LogP contribution >= 0.6 is 0 Å². The molecule has 0 aliphatic heterocycles. The molecule has 0 amide bonds. The predicted octanol–water partition coefficient (Wildman–Crippen LogP) is 3.94. The van der Waals surface area contributed by atoms with Crippen LogP contribution in [0.1, 0.15) is 25.7 Å². The number of hydrogen-bond acceptors (Lipinski definition) is 0. The third-order valence-electron chi connectivity index (χ3n) is 1.83. The topological polar surface area (TPSA) is 0 Å². The fourth-order valence-electron chi connectivity index (χ4n) is 1.11. The molecule has 1 aliphatic carbocycles. The van der Waals surface area contributed by atoms with Crippen molar-refractivity contribution in [2.24, 2.45) is 0 Å². The smallest absolute Gasteiger partial charge is 0.00898 e. The summed E-state index contributed by atoms with van der Waals surface area (Å²) >= 11 is 0. The second-order valence-electron chi connectivity index (χ2n) is 2.99. The number of rotatable bonds is 0. The SMILES string of the molecule is C1=C/C=C/CCC/C=C\C=C\CC=1. The molecule has 68 valence electrons. The molecule has 1 aliphatic rings. The van der Waals surface area contributed by atoms with Crippen molar-refractivity contribution in [3.05, 3.63) is 54.3 Å². The highest BCUT2D eigenvalue weighted by Gasteiger charge is 1.79. The van der Waals surface area contributed by atoms with Gasteiger partial charge in [0.2, 0.25) is 0 Å². The van der Waals surface area contributed by atoms with E-state index in [0.29, 0.717) is 0 Å². The summed E-state index contributed by atoms with van der Waals surface area (Å²) in [5.74, 6) is 0. The van der Waals surface area contributed by atoms with Gasteiger partial charge in [0.1, 0.15) is 0 Å². The Kier molecular flexibility index (Phi) is 5.59. The van der Waals surface area contributed by atoms with E-state index in [-0.39, 0.29) is 0 Å². The quantitative estimate of drug-likeness (QED) is 0.485. The van der Waals surface area contributed by atoms with Crippen molar-refractivity contribution < 1.29 is 0 Å². The summed E-state index contributed by atoms with van der Waals surface area (Å²) in [5.41, 5.74) is 3.11. The fraction of sp³-hybridized carbons (Fsp3) is 0.308. The van der Waals surface area contributed by atoms with Crippen molar-refractivity contribution in [2.45, 2.75) is 25.7 Å². The van der Waals surface area contributed by atoms with E-state index in [0.717, 1.165) is 12.8 Å². The molecular weight excluding hydrogens is 156 g/mol. The first kappa shape index (κ1) is 9.83. The summed E-state index contributed by atoms with van der Waals surface area (Å²) in [7, 11) is 0.